The summed E-state index contributed by atoms with van der Waals surface area (Å²) >= 11 is 0. The van der Waals surface area contributed by atoms with Crippen LogP contribution in [-0.2, 0) is 9.59 Å². The Kier molecular flexibility index (Phi) is 4.44. The van der Waals surface area contributed by atoms with Gasteiger partial charge in [-0.05, 0) is 32.4 Å². The van der Waals surface area contributed by atoms with Gasteiger partial charge in [-0.2, -0.15) is 0 Å². The second kappa shape index (κ2) is 5.62. The molecule has 0 aliphatic carbocycles. The second-order valence-electron chi connectivity index (χ2n) is 4.44. The predicted octanol–water partition coefficient (Wildman–Crippen LogP) is 2.64. The lowest BCUT2D eigenvalue weighted by atomic mass is 10.1. The molecule has 0 spiro atoms. The molecular weight excluding hydrogens is 214 g/mol. The molecule has 0 fully saturated rings. The summed E-state index contributed by atoms with van der Waals surface area (Å²) in [5.74, 6) is 0.0273. The van der Waals surface area contributed by atoms with Crippen molar-refractivity contribution in [2.75, 3.05) is 11.9 Å². The highest BCUT2D eigenvalue weighted by atomic mass is 16.2. The van der Waals surface area contributed by atoms with Gasteiger partial charge in [0.15, 0.2) is 0 Å². The maximum absolute atomic E-state index is 11.9. The number of Topliss-reactive ketones (excluding diaryl/α,β-unsaturated/α-hetero) is 1. The van der Waals surface area contributed by atoms with E-state index >= 15 is 0 Å². The van der Waals surface area contributed by atoms with Crippen LogP contribution >= 0.6 is 0 Å². The first-order valence-electron chi connectivity index (χ1n) is 5.75. The quantitative estimate of drug-likeness (QED) is 0.801. The molecule has 1 rings (SSSR count). The summed E-state index contributed by atoms with van der Waals surface area (Å²) < 4.78 is 0. The van der Waals surface area contributed by atoms with E-state index in [4.69, 9.17) is 0 Å². The van der Waals surface area contributed by atoms with Crippen LogP contribution in [0.25, 0.3) is 0 Å². The number of nitrogens with zero attached hydrogens (tertiary/aromatic N) is 1. The van der Waals surface area contributed by atoms with Crippen molar-refractivity contribution < 1.29 is 9.59 Å². The number of hydrogen-bond donors (Lipinski definition) is 0. The second-order valence-corrected chi connectivity index (χ2v) is 4.44. The Labute approximate surface area is 102 Å². The van der Waals surface area contributed by atoms with Gasteiger partial charge in [-0.25, -0.2) is 0 Å². The normalized spacial score (nSPS) is 10.1. The molecule has 0 unspecified atom stereocenters. The fourth-order valence-corrected chi connectivity index (χ4v) is 1.77. The fourth-order valence-electron chi connectivity index (χ4n) is 1.77. The molecule has 92 valence electrons. The Hall–Kier alpha value is -1.64. The smallest absolute Gasteiger partial charge is 0.227 e. The van der Waals surface area contributed by atoms with Gasteiger partial charge in [0.05, 0.1) is 0 Å². The van der Waals surface area contributed by atoms with Crippen LogP contribution in [0.1, 0.15) is 30.9 Å². The van der Waals surface area contributed by atoms with Crippen LogP contribution in [0.3, 0.4) is 0 Å². The molecule has 1 amide bonds. The first-order chi connectivity index (χ1) is 7.91. The zero-order valence-corrected chi connectivity index (χ0v) is 10.9. The Bertz CT molecular complexity index is 438. The molecule has 0 atom stereocenters. The van der Waals surface area contributed by atoms with E-state index in [-0.39, 0.29) is 18.1 Å². The number of carbonyl (C=O) groups excluding carboxylic acids is 2. The maximum atomic E-state index is 11.9. The van der Waals surface area contributed by atoms with Gasteiger partial charge >= 0.3 is 0 Å². The summed E-state index contributed by atoms with van der Waals surface area (Å²) in [6.45, 7) is 5.51. The minimum Gasteiger partial charge on any atom is -0.315 e. The molecule has 3 heteroatoms. The number of hydrogen-bond acceptors (Lipinski definition) is 2. The molecule has 0 saturated carbocycles. The third-order valence-electron chi connectivity index (χ3n) is 2.78. The predicted molar refractivity (Wildman–Crippen MR) is 69.2 cm³/mol. The number of ketones is 1. The van der Waals surface area contributed by atoms with Crippen molar-refractivity contribution in [2.45, 2.75) is 33.6 Å². The van der Waals surface area contributed by atoms with Crippen molar-refractivity contribution in [2.24, 2.45) is 0 Å². The summed E-state index contributed by atoms with van der Waals surface area (Å²) in [4.78, 5) is 24.3. The Morgan fingerprint density at radius 3 is 2.35 bits per heavy atom. The minimum absolute atomic E-state index is 0.0212. The van der Waals surface area contributed by atoms with Gasteiger partial charge in [0, 0.05) is 25.6 Å². The van der Waals surface area contributed by atoms with Crippen molar-refractivity contribution in [3.05, 3.63) is 29.3 Å². The van der Waals surface area contributed by atoms with Gasteiger partial charge in [-0.3, -0.25) is 4.79 Å². The molecule has 0 bridgehead atoms. The largest absolute Gasteiger partial charge is 0.315 e. The Morgan fingerprint density at radius 2 is 1.82 bits per heavy atom. The van der Waals surface area contributed by atoms with Crippen molar-refractivity contribution in [1.29, 1.82) is 0 Å². The first-order valence-corrected chi connectivity index (χ1v) is 5.75. The zero-order valence-electron chi connectivity index (χ0n) is 10.9. The molecule has 0 heterocycles. The molecule has 0 aliphatic rings. The van der Waals surface area contributed by atoms with Crippen LogP contribution < -0.4 is 4.90 Å². The molecule has 1 aromatic rings. The number of amides is 1. The molecule has 3 nitrogen and oxygen atoms in total. The zero-order chi connectivity index (χ0) is 13.0. The molecule has 1 aromatic carbocycles. The van der Waals surface area contributed by atoms with Crippen LogP contribution in [0.15, 0.2) is 18.2 Å². The molecular formula is C14H19NO2. The van der Waals surface area contributed by atoms with E-state index in [1.165, 1.54) is 12.5 Å². The van der Waals surface area contributed by atoms with Crippen LogP contribution in [0.2, 0.25) is 0 Å². The van der Waals surface area contributed by atoms with E-state index in [0.717, 1.165) is 11.3 Å². The van der Waals surface area contributed by atoms with Crippen molar-refractivity contribution in [1.82, 2.24) is 0 Å². The first kappa shape index (κ1) is 13.4. The van der Waals surface area contributed by atoms with Crippen molar-refractivity contribution in [3.8, 4) is 0 Å². The SMILES string of the molecule is CC(=O)CCC(=O)N(C)c1ccc(C)cc1C. The number of carbonyl (C=O) groups is 2. The van der Waals surface area contributed by atoms with E-state index in [1.54, 1.807) is 11.9 Å². The van der Waals surface area contributed by atoms with Gasteiger partial charge < -0.3 is 9.69 Å². The molecule has 0 aromatic heterocycles. The van der Waals surface area contributed by atoms with Gasteiger partial charge in [-0.15, -0.1) is 0 Å². The Morgan fingerprint density at radius 1 is 1.18 bits per heavy atom. The summed E-state index contributed by atoms with van der Waals surface area (Å²) in [6.07, 6.45) is 0.591. The van der Waals surface area contributed by atoms with Crippen LogP contribution in [-0.4, -0.2) is 18.7 Å². The van der Waals surface area contributed by atoms with E-state index < -0.39 is 0 Å². The van der Waals surface area contributed by atoms with Crippen LogP contribution in [0.4, 0.5) is 5.69 Å². The molecule has 17 heavy (non-hydrogen) atoms. The molecule has 0 aliphatic heterocycles. The van der Waals surface area contributed by atoms with E-state index in [0.29, 0.717) is 6.42 Å². The lowest BCUT2D eigenvalue weighted by Crippen LogP contribution is -2.27. The summed E-state index contributed by atoms with van der Waals surface area (Å²) in [7, 11) is 1.75. The average molecular weight is 233 g/mol. The van der Waals surface area contributed by atoms with Gasteiger partial charge in [0.1, 0.15) is 5.78 Å². The number of rotatable bonds is 4. The lowest BCUT2D eigenvalue weighted by Gasteiger charge is -2.19. The maximum Gasteiger partial charge on any atom is 0.227 e. The summed E-state index contributed by atoms with van der Waals surface area (Å²) in [6, 6.07) is 5.97. The van der Waals surface area contributed by atoms with Gasteiger partial charge in [0.25, 0.3) is 0 Å². The number of benzene rings is 1. The minimum atomic E-state index is -0.0212. The fraction of sp³-hybridized carbons (Fsp3) is 0.429. The highest BCUT2D eigenvalue weighted by molar-refractivity contribution is 5.95. The standard InChI is InChI=1S/C14H19NO2/c1-10-5-7-13(11(2)9-10)15(4)14(17)8-6-12(3)16/h5,7,9H,6,8H2,1-4H3. The molecule has 0 saturated heterocycles. The summed E-state index contributed by atoms with van der Waals surface area (Å²) in [5, 5.41) is 0. The highest BCUT2D eigenvalue weighted by Gasteiger charge is 2.13. The van der Waals surface area contributed by atoms with Gasteiger partial charge in [0.2, 0.25) is 5.91 Å². The third kappa shape index (κ3) is 3.70. The third-order valence-corrected chi connectivity index (χ3v) is 2.78. The lowest BCUT2D eigenvalue weighted by molar-refractivity contribution is -0.122. The number of aryl methyl sites for hydroxylation is 2. The Balaban J connectivity index is 2.78. The van der Waals surface area contributed by atoms with Gasteiger partial charge in [-0.1, -0.05) is 17.7 Å². The van der Waals surface area contributed by atoms with Crippen molar-refractivity contribution in [3.63, 3.8) is 0 Å². The highest BCUT2D eigenvalue weighted by Crippen LogP contribution is 2.20. The van der Waals surface area contributed by atoms with E-state index in [1.807, 2.05) is 32.0 Å². The number of anilines is 1. The average Bonchev–Trinajstić information content (AvgIpc) is 2.25. The van der Waals surface area contributed by atoms with Crippen LogP contribution in [0, 0.1) is 13.8 Å². The molecule has 0 radical (unpaired) electrons. The molecule has 0 N–H and O–H groups in total. The van der Waals surface area contributed by atoms with E-state index in [9.17, 15) is 9.59 Å². The topological polar surface area (TPSA) is 37.4 Å². The van der Waals surface area contributed by atoms with E-state index in [2.05, 4.69) is 0 Å². The van der Waals surface area contributed by atoms with Crippen molar-refractivity contribution >= 4 is 17.4 Å². The summed E-state index contributed by atoms with van der Waals surface area (Å²) in [5.41, 5.74) is 3.16. The van der Waals surface area contributed by atoms with Crippen LogP contribution in [0.5, 0.6) is 0 Å². The monoisotopic (exact) mass is 233 g/mol.